The second-order valence-electron chi connectivity index (χ2n) is 3.21. The van der Waals surface area contributed by atoms with Crippen LogP contribution in [0.1, 0.15) is 26.2 Å². The molecule has 0 aliphatic heterocycles. The molecular formula is C10H20O5Si. The van der Waals surface area contributed by atoms with Crippen LogP contribution in [0.15, 0.2) is 12.2 Å². The maximum absolute atomic E-state index is 11.6. The highest BCUT2D eigenvalue weighted by Crippen LogP contribution is 2.13. The van der Waals surface area contributed by atoms with Crippen molar-refractivity contribution in [1.82, 2.24) is 0 Å². The van der Waals surface area contributed by atoms with Crippen molar-refractivity contribution in [2.75, 3.05) is 21.3 Å². The molecule has 0 fully saturated rings. The molecule has 94 valence electrons. The molecule has 0 atom stereocenters. The summed E-state index contributed by atoms with van der Waals surface area (Å²) in [5.41, 5.74) is 0.407. The Balaban J connectivity index is 4.34. The van der Waals surface area contributed by atoms with Crippen LogP contribution in [-0.4, -0.2) is 36.3 Å². The van der Waals surface area contributed by atoms with Crippen LogP contribution in [0, 0.1) is 0 Å². The maximum atomic E-state index is 11.6. The predicted molar refractivity (Wildman–Crippen MR) is 61.5 cm³/mol. The zero-order valence-electron chi connectivity index (χ0n) is 10.4. The molecule has 0 aliphatic carbocycles. The lowest BCUT2D eigenvalue weighted by atomic mass is 10.1. The largest absolute Gasteiger partial charge is 0.751 e. The Kier molecular flexibility index (Phi) is 7.23. The third-order valence-electron chi connectivity index (χ3n) is 2.09. The molecule has 0 spiro atoms. The van der Waals surface area contributed by atoms with Gasteiger partial charge in [-0.2, -0.15) is 0 Å². The summed E-state index contributed by atoms with van der Waals surface area (Å²) in [7, 11) is 0.836. The number of hydrogen-bond donors (Lipinski definition) is 0. The molecule has 0 radical (unpaired) electrons. The highest BCUT2D eigenvalue weighted by atomic mass is 28.4. The molecular weight excluding hydrogens is 228 g/mol. The summed E-state index contributed by atoms with van der Waals surface area (Å²) in [6.45, 7) is 5.70. The summed E-state index contributed by atoms with van der Waals surface area (Å²) in [6.07, 6.45) is 2.50. The Morgan fingerprint density at radius 2 is 1.69 bits per heavy atom. The molecule has 0 aromatic rings. The maximum Gasteiger partial charge on any atom is 0.751 e. The number of carbonyl (C=O) groups excluding carboxylic acids is 1. The van der Waals surface area contributed by atoms with Gasteiger partial charge in [-0.25, -0.2) is 4.79 Å². The van der Waals surface area contributed by atoms with Crippen LogP contribution in [0.4, 0.5) is 0 Å². The summed E-state index contributed by atoms with van der Waals surface area (Å²) in [5, 5.41) is 0. The molecule has 6 heteroatoms. The van der Waals surface area contributed by atoms with Crippen LogP contribution in [0.25, 0.3) is 0 Å². The Bertz CT molecular complexity index is 229. The summed E-state index contributed by atoms with van der Waals surface area (Å²) < 4.78 is 20.0. The molecule has 0 N–H and O–H groups in total. The molecule has 0 amide bonds. The van der Waals surface area contributed by atoms with Gasteiger partial charge in [-0.15, -0.1) is 0 Å². The van der Waals surface area contributed by atoms with E-state index in [2.05, 4.69) is 6.58 Å². The number of hydrogen-bond acceptors (Lipinski definition) is 5. The molecule has 0 saturated heterocycles. The smallest absolute Gasteiger partial charge is 0.448 e. The van der Waals surface area contributed by atoms with E-state index in [9.17, 15) is 4.79 Å². The molecule has 0 unspecified atom stereocenters. The fraction of sp³-hybridized carbons (Fsp3) is 0.700. The van der Waals surface area contributed by atoms with Gasteiger partial charge in [0.05, 0.1) is 0 Å². The van der Waals surface area contributed by atoms with Gasteiger partial charge in [0.1, 0.15) is 0 Å². The standard InChI is InChI=1S/C10H20O5Si/c1-6-7-8-9(2)10(11)15-16(12-3,13-4)14-5/h2,6-8H2,1,3-5H3. The minimum atomic E-state index is -3.29. The number of carbonyl (C=O) groups is 1. The van der Waals surface area contributed by atoms with Crippen molar-refractivity contribution < 1.29 is 22.5 Å². The lowest BCUT2D eigenvalue weighted by Gasteiger charge is -2.22. The first kappa shape index (κ1) is 15.3. The van der Waals surface area contributed by atoms with Gasteiger partial charge in [-0.3, -0.25) is 0 Å². The van der Waals surface area contributed by atoms with Crippen molar-refractivity contribution in [2.24, 2.45) is 0 Å². The van der Waals surface area contributed by atoms with E-state index in [-0.39, 0.29) is 0 Å². The van der Waals surface area contributed by atoms with Crippen LogP contribution in [0.3, 0.4) is 0 Å². The van der Waals surface area contributed by atoms with Gasteiger partial charge in [-0.1, -0.05) is 19.9 Å². The summed E-state index contributed by atoms with van der Waals surface area (Å²) >= 11 is 0. The molecule has 0 aromatic heterocycles. The third kappa shape index (κ3) is 4.44. The van der Waals surface area contributed by atoms with Crippen molar-refractivity contribution in [1.29, 1.82) is 0 Å². The van der Waals surface area contributed by atoms with E-state index in [1.54, 1.807) is 0 Å². The zero-order chi connectivity index (χ0) is 12.6. The minimum Gasteiger partial charge on any atom is -0.448 e. The fourth-order valence-corrected chi connectivity index (χ4v) is 2.17. The first-order chi connectivity index (χ1) is 7.55. The quantitative estimate of drug-likeness (QED) is 0.483. The Hall–Kier alpha value is -0.693. The van der Waals surface area contributed by atoms with Crippen molar-refractivity contribution in [2.45, 2.75) is 26.2 Å². The summed E-state index contributed by atoms with van der Waals surface area (Å²) in [5.74, 6) is -0.523. The highest BCUT2D eigenvalue weighted by molar-refractivity contribution is 6.55. The molecule has 0 aromatic carbocycles. The minimum absolute atomic E-state index is 0.407. The van der Waals surface area contributed by atoms with Gasteiger partial charge in [0.15, 0.2) is 0 Å². The van der Waals surface area contributed by atoms with Crippen LogP contribution in [0.5, 0.6) is 0 Å². The molecule has 0 saturated carbocycles. The second kappa shape index (κ2) is 7.56. The van der Waals surface area contributed by atoms with Crippen molar-refractivity contribution >= 4 is 15.0 Å². The lowest BCUT2D eigenvalue weighted by molar-refractivity contribution is -0.138. The van der Waals surface area contributed by atoms with E-state index in [4.69, 9.17) is 17.7 Å². The van der Waals surface area contributed by atoms with Crippen LogP contribution in [0.2, 0.25) is 0 Å². The van der Waals surface area contributed by atoms with Gasteiger partial charge in [0, 0.05) is 26.9 Å². The average Bonchev–Trinajstić information content (AvgIpc) is 2.32. The van der Waals surface area contributed by atoms with Gasteiger partial charge in [0.2, 0.25) is 0 Å². The van der Waals surface area contributed by atoms with Crippen LogP contribution < -0.4 is 0 Å². The molecule has 0 bridgehead atoms. The molecule has 5 nitrogen and oxygen atoms in total. The van der Waals surface area contributed by atoms with Gasteiger partial charge in [0.25, 0.3) is 0 Å². The monoisotopic (exact) mass is 248 g/mol. The third-order valence-corrected chi connectivity index (χ3v) is 4.02. The molecule has 0 aliphatic rings. The van der Waals surface area contributed by atoms with E-state index >= 15 is 0 Å². The van der Waals surface area contributed by atoms with Crippen molar-refractivity contribution in [3.8, 4) is 0 Å². The van der Waals surface area contributed by atoms with Crippen molar-refractivity contribution in [3.05, 3.63) is 12.2 Å². The molecule has 0 rings (SSSR count). The van der Waals surface area contributed by atoms with Crippen LogP contribution in [-0.2, 0) is 22.5 Å². The first-order valence-corrected chi connectivity index (χ1v) is 6.75. The highest BCUT2D eigenvalue weighted by Gasteiger charge is 2.47. The van der Waals surface area contributed by atoms with E-state index in [1.165, 1.54) is 21.3 Å². The molecule has 0 heterocycles. The van der Waals surface area contributed by atoms with Gasteiger partial charge in [-0.05, 0) is 12.8 Å². The van der Waals surface area contributed by atoms with E-state index in [1.807, 2.05) is 6.92 Å². The second-order valence-corrected chi connectivity index (χ2v) is 5.64. The first-order valence-electron chi connectivity index (χ1n) is 5.11. The zero-order valence-corrected chi connectivity index (χ0v) is 11.4. The fourth-order valence-electron chi connectivity index (χ4n) is 1.05. The lowest BCUT2D eigenvalue weighted by Crippen LogP contribution is -2.48. The Morgan fingerprint density at radius 3 is 2.06 bits per heavy atom. The van der Waals surface area contributed by atoms with E-state index < -0.39 is 15.0 Å². The number of rotatable bonds is 8. The topological polar surface area (TPSA) is 54.0 Å². The Labute approximate surface area is 97.8 Å². The predicted octanol–water partition coefficient (Wildman–Crippen LogP) is 1.65. The Morgan fingerprint density at radius 1 is 1.19 bits per heavy atom. The summed E-state index contributed by atoms with van der Waals surface area (Å²) in [6, 6.07) is 0. The SMILES string of the molecule is C=C(CCCC)C(=O)O[Si](OC)(OC)OC. The van der Waals surface area contributed by atoms with E-state index in [0.29, 0.717) is 12.0 Å². The average molecular weight is 248 g/mol. The number of unbranched alkanes of at least 4 members (excludes halogenated alkanes) is 1. The van der Waals surface area contributed by atoms with Crippen molar-refractivity contribution in [3.63, 3.8) is 0 Å². The van der Waals surface area contributed by atoms with Gasteiger partial charge < -0.3 is 17.7 Å². The summed E-state index contributed by atoms with van der Waals surface area (Å²) in [4.78, 5) is 11.6. The van der Waals surface area contributed by atoms with E-state index in [0.717, 1.165) is 12.8 Å². The van der Waals surface area contributed by atoms with Crippen LogP contribution >= 0.6 is 0 Å². The van der Waals surface area contributed by atoms with Gasteiger partial charge >= 0.3 is 15.0 Å². The normalized spacial score (nSPS) is 11.2. The molecule has 16 heavy (non-hydrogen) atoms.